The monoisotopic (exact) mass is 311 g/mol. The average molecular weight is 311 g/mol. The second kappa shape index (κ2) is 6.32. The molecule has 1 aromatic heterocycles. The summed E-state index contributed by atoms with van der Waals surface area (Å²) in [7, 11) is 0. The maximum atomic E-state index is 11.9. The molecule has 0 radical (unpaired) electrons. The van der Waals surface area contributed by atoms with Gasteiger partial charge in [-0.15, -0.1) is 17.9 Å². The summed E-state index contributed by atoms with van der Waals surface area (Å²) in [4.78, 5) is 24.8. The Bertz CT molecular complexity index is 554. The van der Waals surface area contributed by atoms with Crippen molar-refractivity contribution < 1.29 is 9.59 Å². The van der Waals surface area contributed by atoms with Gasteiger partial charge in [-0.25, -0.2) is 9.10 Å². The van der Waals surface area contributed by atoms with Gasteiger partial charge in [0.2, 0.25) is 0 Å². The number of urea groups is 1. The SMILES string of the molecule is C=CCNC(=O)N(S)c1sc2c(c1C(N)=O)CCCC2. The number of aryl methyl sites for hydroxylation is 1. The lowest BCUT2D eigenvalue weighted by atomic mass is 9.95. The summed E-state index contributed by atoms with van der Waals surface area (Å²) in [6.45, 7) is 3.87. The minimum atomic E-state index is -0.505. The van der Waals surface area contributed by atoms with Crippen molar-refractivity contribution >= 4 is 41.1 Å². The molecule has 0 saturated heterocycles. The smallest absolute Gasteiger partial charge is 0.332 e. The number of primary amides is 1. The molecular formula is C13H17N3O2S2. The number of rotatable bonds is 4. The molecule has 0 bridgehead atoms. The van der Waals surface area contributed by atoms with E-state index in [1.54, 1.807) is 6.08 Å². The second-order valence-electron chi connectivity index (χ2n) is 4.54. The van der Waals surface area contributed by atoms with Crippen LogP contribution in [-0.2, 0) is 12.8 Å². The fourth-order valence-corrected chi connectivity index (χ4v) is 3.88. The number of carbonyl (C=O) groups is 2. The van der Waals surface area contributed by atoms with Crippen LogP contribution >= 0.6 is 24.2 Å². The van der Waals surface area contributed by atoms with Crippen molar-refractivity contribution in [3.8, 4) is 0 Å². The first-order valence-electron chi connectivity index (χ1n) is 6.38. The largest absolute Gasteiger partial charge is 0.365 e. The second-order valence-corrected chi connectivity index (χ2v) is 6.03. The van der Waals surface area contributed by atoms with E-state index in [0.29, 0.717) is 17.1 Å². The molecule has 0 aromatic carbocycles. The normalized spacial score (nSPS) is 13.4. The zero-order chi connectivity index (χ0) is 14.7. The van der Waals surface area contributed by atoms with E-state index >= 15 is 0 Å². The Morgan fingerprint density at radius 3 is 2.80 bits per heavy atom. The molecule has 3 amide bonds. The first kappa shape index (κ1) is 14.9. The highest BCUT2D eigenvalue weighted by Crippen LogP contribution is 2.40. The van der Waals surface area contributed by atoms with Crippen LogP contribution in [0.1, 0.15) is 33.6 Å². The zero-order valence-electron chi connectivity index (χ0n) is 11.0. The number of anilines is 1. The molecule has 0 atom stereocenters. The first-order chi connectivity index (χ1) is 9.56. The Balaban J connectivity index is 2.35. The van der Waals surface area contributed by atoms with E-state index in [2.05, 4.69) is 24.7 Å². The summed E-state index contributed by atoms with van der Waals surface area (Å²) in [6.07, 6.45) is 5.48. The Kier molecular flexibility index (Phi) is 4.72. The summed E-state index contributed by atoms with van der Waals surface area (Å²) in [5, 5.41) is 3.13. The van der Waals surface area contributed by atoms with Crippen LogP contribution in [0.3, 0.4) is 0 Å². The number of nitrogens with two attached hydrogens (primary N) is 1. The van der Waals surface area contributed by atoms with E-state index in [9.17, 15) is 9.59 Å². The van der Waals surface area contributed by atoms with Crippen LogP contribution < -0.4 is 15.4 Å². The molecule has 0 unspecified atom stereocenters. The Labute approximate surface area is 127 Å². The van der Waals surface area contributed by atoms with Gasteiger partial charge < -0.3 is 11.1 Å². The van der Waals surface area contributed by atoms with E-state index in [4.69, 9.17) is 5.73 Å². The molecule has 108 valence electrons. The highest BCUT2D eigenvalue weighted by molar-refractivity contribution is 7.83. The third-order valence-corrected chi connectivity index (χ3v) is 4.98. The number of hydrogen-bond donors (Lipinski definition) is 3. The zero-order valence-corrected chi connectivity index (χ0v) is 12.7. The molecule has 20 heavy (non-hydrogen) atoms. The Hall–Kier alpha value is -1.47. The number of amides is 3. The quantitative estimate of drug-likeness (QED) is 0.589. The summed E-state index contributed by atoms with van der Waals surface area (Å²) >= 11 is 5.62. The van der Waals surface area contributed by atoms with Crippen LogP contribution in [0, 0.1) is 0 Å². The predicted octanol–water partition coefficient (Wildman–Crippen LogP) is 2.27. The van der Waals surface area contributed by atoms with Crippen molar-refractivity contribution in [2.75, 3.05) is 10.8 Å². The number of nitrogens with one attached hydrogen (secondary N) is 1. The van der Waals surface area contributed by atoms with Crippen LogP contribution in [0.5, 0.6) is 0 Å². The van der Waals surface area contributed by atoms with Crippen LogP contribution in [0.25, 0.3) is 0 Å². The van der Waals surface area contributed by atoms with Crippen molar-refractivity contribution in [3.63, 3.8) is 0 Å². The lowest BCUT2D eigenvalue weighted by Gasteiger charge is -2.15. The molecule has 7 heteroatoms. The van der Waals surface area contributed by atoms with Gasteiger partial charge in [-0.05, 0) is 31.2 Å². The molecule has 0 saturated carbocycles. The molecule has 0 aliphatic heterocycles. The van der Waals surface area contributed by atoms with Gasteiger partial charge in [0.05, 0.1) is 5.56 Å². The van der Waals surface area contributed by atoms with Crippen LogP contribution in [-0.4, -0.2) is 18.5 Å². The summed E-state index contributed by atoms with van der Waals surface area (Å²) in [6, 6.07) is -0.394. The molecule has 1 aromatic rings. The van der Waals surface area contributed by atoms with E-state index in [0.717, 1.165) is 40.4 Å². The lowest BCUT2D eigenvalue weighted by Crippen LogP contribution is -2.34. The van der Waals surface area contributed by atoms with Gasteiger partial charge in [-0.2, -0.15) is 0 Å². The molecule has 1 aliphatic rings. The summed E-state index contributed by atoms with van der Waals surface area (Å²) in [5.74, 6) is -0.505. The van der Waals surface area contributed by atoms with Crippen LogP contribution in [0.2, 0.25) is 0 Å². The van der Waals surface area contributed by atoms with E-state index in [1.807, 2.05) is 0 Å². The fourth-order valence-electron chi connectivity index (χ4n) is 2.28. The molecule has 0 fully saturated rings. The number of thiol groups is 1. The van der Waals surface area contributed by atoms with E-state index < -0.39 is 11.9 Å². The predicted molar refractivity (Wildman–Crippen MR) is 84.5 cm³/mol. The Morgan fingerprint density at radius 2 is 2.15 bits per heavy atom. The van der Waals surface area contributed by atoms with Gasteiger partial charge in [-0.3, -0.25) is 4.79 Å². The highest BCUT2D eigenvalue weighted by Gasteiger charge is 2.28. The van der Waals surface area contributed by atoms with Crippen molar-refractivity contribution in [3.05, 3.63) is 28.7 Å². The fraction of sp³-hybridized carbons (Fsp3) is 0.385. The van der Waals surface area contributed by atoms with Crippen LogP contribution in [0.15, 0.2) is 12.7 Å². The lowest BCUT2D eigenvalue weighted by molar-refractivity contribution is 0.100. The number of carbonyl (C=O) groups excluding carboxylic acids is 2. The average Bonchev–Trinajstić information content (AvgIpc) is 2.83. The molecule has 3 N–H and O–H groups in total. The summed E-state index contributed by atoms with van der Waals surface area (Å²) < 4.78 is 1.16. The number of nitrogens with zero attached hydrogens (tertiary/aromatic N) is 1. The highest BCUT2D eigenvalue weighted by atomic mass is 32.1. The van der Waals surface area contributed by atoms with E-state index in [-0.39, 0.29) is 0 Å². The van der Waals surface area contributed by atoms with Crippen molar-refractivity contribution in [1.82, 2.24) is 5.32 Å². The van der Waals surface area contributed by atoms with E-state index in [1.165, 1.54) is 11.3 Å². The molecule has 2 rings (SSSR count). The van der Waals surface area contributed by atoms with Gasteiger partial charge in [0.1, 0.15) is 5.00 Å². The molecule has 1 aliphatic carbocycles. The number of hydrogen-bond acceptors (Lipinski definition) is 4. The van der Waals surface area contributed by atoms with Gasteiger partial charge in [0.15, 0.2) is 0 Å². The van der Waals surface area contributed by atoms with Gasteiger partial charge >= 0.3 is 6.03 Å². The van der Waals surface area contributed by atoms with Gasteiger partial charge in [0.25, 0.3) is 5.91 Å². The summed E-state index contributed by atoms with van der Waals surface area (Å²) in [5.41, 5.74) is 6.90. The molecule has 1 heterocycles. The molecule has 5 nitrogen and oxygen atoms in total. The molecular weight excluding hydrogens is 294 g/mol. The standard InChI is InChI=1S/C13H17N3O2S2/c1-2-7-15-13(18)16(19)12-10(11(14)17)8-5-3-4-6-9(8)20-12/h2,19H,1,3-7H2,(H2,14,17)(H,15,18). The van der Waals surface area contributed by atoms with Gasteiger partial charge in [-0.1, -0.05) is 18.9 Å². The van der Waals surface area contributed by atoms with Crippen LogP contribution in [0.4, 0.5) is 9.80 Å². The first-order valence-corrected chi connectivity index (χ1v) is 7.60. The molecule has 0 spiro atoms. The maximum absolute atomic E-state index is 11.9. The van der Waals surface area contributed by atoms with Crippen molar-refractivity contribution in [1.29, 1.82) is 0 Å². The number of thiophene rings is 1. The minimum absolute atomic E-state index is 0.340. The Morgan fingerprint density at radius 1 is 1.45 bits per heavy atom. The number of fused-ring (bicyclic) bond motifs is 1. The van der Waals surface area contributed by atoms with Gasteiger partial charge in [0, 0.05) is 11.4 Å². The third-order valence-electron chi connectivity index (χ3n) is 3.18. The minimum Gasteiger partial charge on any atom is -0.365 e. The van der Waals surface area contributed by atoms with Crippen molar-refractivity contribution in [2.24, 2.45) is 5.73 Å². The maximum Gasteiger partial charge on any atom is 0.332 e. The van der Waals surface area contributed by atoms with Crippen molar-refractivity contribution in [2.45, 2.75) is 25.7 Å². The topological polar surface area (TPSA) is 75.4 Å². The third kappa shape index (κ3) is 2.83.